The Morgan fingerprint density at radius 2 is 2.39 bits per heavy atom. The molecule has 1 saturated carbocycles. The van der Waals surface area contributed by atoms with Gasteiger partial charge in [-0.3, -0.25) is 16.3 Å². The van der Waals surface area contributed by atoms with Crippen LogP contribution in [0.3, 0.4) is 0 Å². The van der Waals surface area contributed by atoms with E-state index >= 15 is 0 Å². The minimum absolute atomic E-state index is 0.166. The van der Waals surface area contributed by atoms with Crippen LogP contribution in [-0.2, 0) is 0 Å². The molecular weight excluding hydrogens is 229 g/mol. The van der Waals surface area contributed by atoms with Crippen LogP contribution in [0.1, 0.15) is 50.8 Å². The van der Waals surface area contributed by atoms with Crippen LogP contribution in [0.25, 0.3) is 0 Å². The summed E-state index contributed by atoms with van der Waals surface area (Å²) in [5.41, 5.74) is 3.23. The van der Waals surface area contributed by atoms with Crippen molar-refractivity contribution in [3.8, 4) is 0 Å². The molecule has 1 aromatic rings. The number of aromatic nitrogens is 1. The lowest BCUT2D eigenvalue weighted by Crippen LogP contribution is -2.37. The third-order valence-corrected chi connectivity index (χ3v) is 4.13. The van der Waals surface area contributed by atoms with Crippen molar-refractivity contribution >= 4 is 0 Å². The SMILES string of the molecule is CCC1CCCC(C(NN)c2ncccc2F)C1. The first kappa shape index (κ1) is 13.4. The van der Waals surface area contributed by atoms with E-state index in [1.54, 1.807) is 12.3 Å². The van der Waals surface area contributed by atoms with Gasteiger partial charge in [-0.1, -0.05) is 26.2 Å². The molecule has 18 heavy (non-hydrogen) atoms. The van der Waals surface area contributed by atoms with Gasteiger partial charge in [-0.25, -0.2) is 4.39 Å². The Kier molecular flexibility index (Phi) is 4.66. The second-order valence-corrected chi connectivity index (χ2v) is 5.22. The number of rotatable bonds is 4. The minimum Gasteiger partial charge on any atom is -0.271 e. The molecule has 0 aromatic carbocycles. The van der Waals surface area contributed by atoms with E-state index in [0.29, 0.717) is 11.6 Å². The first-order valence-electron chi connectivity index (χ1n) is 6.82. The van der Waals surface area contributed by atoms with Crippen LogP contribution in [0.4, 0.5) is 4.39 Å². The summed E-state index contributed by atoms with van der Waals surface area (Å²) in [6.45, 7) is 2.22. The van der Waals surface area contributed by atoms with Gasteiger partial charge >= 0.3 is 0 Å². The maximum Gasteiger partial charge on any atom is 0.146 e. The predicted molar refractivity (Wildman–Crippen MR) is 70.0 cm³/mol. The van der Waals surface area contributed by atoms with Crippen molar-refractivity contribution in [2.45, 2.75) is 45.1 Å². The lowest BCUT2D eigenvalue weighted by Gasteiger charge is -2.33. The second-order valence-electron chi connectivity index (χ2n) is 5.22. The molecule has 2 rings (SSSR count). The summed E-state index contributed by atoms with van der Waals surface area (Å²) in [6, 6.07) is 2.90. The van der Waals surface area contributed by atoms with Gasteiger partial charge in [0.2, 0.25) is 0 Å². The van der Waals surface area contributed by atoms with Gasteiger partial charge in [0, 0.05) is 6.20 Å². The fourth-order valence-corrected chi connectivity index (χ4v) is 3.07. The van der Waals surface area contributed by atoms with Crippen molar-refractivity contribution < 1.29 is 4.39 Å². The Hall–Kier alpha value is -1.00. The van der Waals surface area contributed by atoms with E-state index in [0.717, 1.165) is 18.8 Å². The number of hydrogen-bond acceptors (Lipinski definition) is 3. The van der Waals surface area contributed by atoms with Crippen molar-refractivity contribution in [1.82, 2.24) is 10.4 Å². The van der Waals surface area contributed by atoms with E-state index < -0.39 is 0 Å². The number of hydrogen-bond donors (Lipinski definition) is 2. The molecule has 3 unspecified atom stereocenters. The number of halogens is 1. The van der Waals surface area contributed by atoms with Gasteiger partial charge in [0.15, 0.2) is 0 Å². The van der Waals surface area contributed by atoms with E-state index in [1.807, 2.05) is 0 Å². The summed E-state index contributed by atoms with van der Waals surface area (Å²) >= 11 is 0. The molecule has 4 heteroatoms. The molecule has 0 amide bonds. The molecule has 1 fully saturated rings. The highest BCUT2D eigenvalue weighted by Crippen LogP contribution is 2.38. The Balaban J connectivity index is 2.15. The summed E-state index contributed by atoms with van der Waals surface area (Å²) in [4.78, 5) is 4.16. The summed E-state index contributed by atoms with van der Waals surface area (Å²) in [5, 5.41) is 0. The number of nitrogens with zero attached hydrogens (tertiary/aromatic N) is 1. The van der Waals surface area contributed by atoms with Crippen molar-refractivity contribution in [1.29, 1.82) is 0 Å². The van der Waals surface area contributed by atoms with Crippen LogP contribution in [0, 0.1) is 17.7 Å². The van der Waals surface area contributed by atoms with Gasteiger partial charge < -0.3 is 0 Å². The number of nitrogens with one attached hydrogen (secondary N) is 1. The Labute approximate surface area is 108 Å². The van der Waals surface area contributed by atoms with Crippen molar-refractivity contribution in [3.05, 3.63) is 29.8 Å². The highest BCUT2D eigenvalue weighted by molar-refractivity contribution is 5.13. The molecule has 1 heterocycles. The average molecular weight is 251 g/mol. The monoisotopic (exact) mass is 251 g/mol. The molecular formula is C14H22FN3. The van der Waals surface area contributed by atoms with Crippen LogP contribution in [0.15, 0.2) is 18.3 Å². The number of nitrogens with two attached hydrogens (primary N) is 1. The summed E-state index contributed by atoms with van der Waals surface area (Å²) in [7, 11) is 0. The molecule has 0 aliphatic heterocycles. The third kappa shape index (κ3) is 2.87. The maximum absolute atomic E-state index is 13.8. The van der Waals surface area contributed by atoms with Crippen LogP contribution in [0.2, 0.25) is 0 Å². The van der Waals surface area contributed by atoms with Crippen molar-refractivity contribution in [2.24, 2.45) is 17.7 Å². The predicted octanol–water partition coefficient (Wildman–Crippen LogP) is 2.94. The highest BCUT2D eigenvalue weighted by Gasteiger charge is 2.30. The topological polar surface area (TPSA) is 50.9 Å². The Bertz CT molecular complexity index is 383. The molecule has 0 saturated heterocycles. The second kappa shape index (κ2) is 6.25. The van der Waals surface area contributed by atoms with E-state index in [2.05, 4.69) is 17.3 Å². The van der Waals surface area contributed by atoms with Crippen LogP contribution in [0.5, 0.6) is 0 Å². The Morgan fingerprint density at radius 3 is 3.06 bits per heavy atom. The quantitative estimate of drug-likeness (QED) is 0.639. The minimum atomic E-state index is -0.265. The zero-order valence-electron chi connectivity index (χ0n) is 10.9. The molecule has 1 aromatic heterocycles. The van der Waals surface area contributed by atoms with Gasteiger partial charge in [0.1, 0.15) is 5.82 Å². The van der Waals surface area contributed by atoms with Crippen LogP contribution < -0.4 is 11.3 Å². The summed E-state index contributed by atoms with van der Waals surface area (Å²) in [5.74, 6) is 6.50. The zero-order chi connectivity index (χ0) is 13.0. The standard InChI is InChI=1S/C14H22FN3/c1-2-10-5-3-6-11(9-10)13(18-16)14-12(15)7-4-8-17-14/h4,7-8,10-11,13,18H,2-3,5-6,9,16H2,1H3. The fraction of sp³-hybridized carbons (Fsp3) is 0.643. The third-order valence-electron chi connectivity index (χ3n) is 4.13. The fourth-order valence-electron chi connectivity index (χ4n) is 3.07. The van der Waals surface area contributed by atoms with Gasteiger partial charge in [-0.2, -0.15) is 0 Å². The lowest BCUT2D eigenvalue weighted by atomic mass is 9.76. The first-order chi connectivity index (χ1) is 8.76. The highest BCUT2D eigenvalue weighted by atomic mass is 19.1. The molecule has 1 aliphatic rings. The van der Waals surface area contributed by atoms with Gasteiger partial charge in [-0.05, 0) is 36.8 Å². The van der Waals surface area contributed by atoms with E-state index in [1.165, 1.54) is 25.3 Å². The van der Waals surface area contributed by atoms with Gasteiger partial charge in [0.25, 0.3) is 0 Å². The van der Waals surface area contributed by atoms with Gasteiger partial charge in [0.05, 0.1) is 11.7 Å². The molecule has 100 valence electrons. The van der Waals surface area contributed by atoms with Crippen molar-refractivity contribution in [3.63, 3.8) is 0 Å². The molecule has 3 nitrogen and oxygen atoms in total. The molecule has 3 N–H and O–H groups in total. The van der Waals surface area contributed by atoms with Gasteiger partial charge in [-0.15, -0.1) is 0 Å². The smallest absolute Gasteiger partial charge is 0.146 e. The van der Waals surface area contributed by atoms with Crippen molar-refractivity contribution in [2.75, 3.05) is 0 Å². The van der Waals surface area contributed by atoms with E-state index in [-0.39, 0.29) is 11.9 Å². The Morgan fingerprint density at radius 1 is 1.56 bits per heavy atom. The normalized spacial score (nSPS) is 25.9. The summed E-state index contributed by atoms with van der Waals surface area (Å²) in [6.07, 6.45) is 7.52. The maximum atomic E-state index is 13.8. The van der Waals surface area contributed by atoms with E-state index in [9.17, 15) is 4.39 Å². The molecule has 0 bridgehead atoms. The summed E-state index contributed by atoms with van der Waals surface area (Å²) < 4.78 is 13.8. The molecule has 1 aliphatic carbocycles. The largest absolute Gasteiger partial charge is 0.271 e. The van der Waals surface area contributed by atoms with Crippen LogP contribution >= 0.6 is 0 Å². The van der Waals surface area contributed by atoms with Crippen LogP contribution in [-0.4, -0.2) is 4.98 Å². The van der Waals surface area contributed by atoms with E-state index in [4.69, 9.17) is 5.84 Å². The molecule has 3 atom stereocenters. The molecule has 0 spiro atoms. The molecule has 0 radical (unpaired) electrons. The number of hydrazine groups is 1. The number of pyridine rings is 1. The first-order valence-corrected chi connectivity index (χ1v) is 6.82. The zero-order valence-corrected chi connectivity index (χ0v) is 10.9. The average Bonchev–Trinajstić information content (AvgIpc) is 2.42. The lowest BCUT2D eigenvalue weighted by molar-refractivity contribution is 0.205.